The van der Waals surface area contributed by atoms with E-state index in [0.717, 1.165) is 24.2 Å². The molecule has 1 aromatic heterocycles. The normalized spacial score (nSPS) is 18.4. The van der Waals surface area contributed by atoms with Crippen LogP contribution in [0.3, 0.4) is 0 Å². The second-order valence-electron chi connectivity index (χ2n) is 4.96. The quantitative estimate of drug-likeness (QED) is 0.795. The summed E-state index contributed by atoms with van der Waals surface area (Å²) in [4.78, 5) is 26.6. The van der Waals surface area contributed by atoms with Crippen LogP contribution in [0.2, 0.25) is 0 Å². The largest absolute Gasteiger partial charge is 0.467 e. The van der Waals surface area contributed by atoms with Crippen LogP contribution in [0.1, 0.15) is 33.8 Å². The molecule has 1 amide bonds. The van der Waals surface area contributed by atoms with Crippen molar-refractivity contribution in [3.05, 3.63) is 15.8 Å². The van der Waals surface area contributed by atoms with E-state index in [0.29, 0.717) is 17.8 Å². The van der Waals surface area contributed by atoms with E-state index in [9.17, 15) is 18.4 Å². The number of likely N-dealkylation sites (tertiary alicyclic amines) is 1. The minimum atomic E-state index is -3.00. The number of rotatable bonds is 4. The van der Waals surface area contributed by atoms with Crippen molar-refractivity contribution in [1.29, 1.82) is 0 Å². The number of carbonyl (C=O) groups excluding carboxylic acids is 2. The van der Waals surface area contributed by atoms with Crippen molar-refractivity contribution in [2.45, 2.75) is 38.8 Å². The topological polar surface area (TPSA) is 55.8 Å². The Bertz CT molecular complexity index is 561. The Balaban J connectivity index is 2.27. The zero-order valence-electron chi connectivity index (χ0n) is 12.3. The molecule has 2 rings (SSSR count). The van der Waals surface area contributed by atoms with Crippen molar-refractivity contribution in [2.75, 3.05) is 13.7 Å². The lowest BCUT2D eigenvalue weighted by Gasteiger charge is -2.33. The molecule has 0 bridgehead atoms. The number of carbonyl (C=O) groups is 2. The molecule has 22 heavy (non-hydrogen) atoms. The Morgan fingerprint density at radius 3 is 2.77 bits per heavy atom. The molecular weight excluding hydrogens is 316 g/mol. The Morgan fingerprint density at radius 1 is 1.41 bits per heavy atom. The SMILES string of the molecule is COC(=O)[C@@H]1CCCCN1C(=O)c1sc(C)cc1OC(F)F. The summed E-state index contributed by atoms with van der Waals surface area (Å²) in [5, 5.41) is 0. The van der Waals surface area contributed by atoms with Gasteiger partial charge in [0.15, 0.2) is 0 Å². The summed E-state index contributed by atoms with van der Waals surface area (Å²) in [7, 11) is 1.26. The van der Waals surface area contributed by atoms with Gasteiger partial charge in [0.05, 0.1) is 7.11 Å². The van der Waals surface area contributed by atoms with E-state index in [4.69, 9.17) is 4.74 Å². The highest BCUT2D eigenvalue weighted by atomic mass is 32.1. The Hall–Kier alpha value is -1.70. The van der Waals surface area contributed by atoms with E-state index < -0.39 is 24.5 Å². The van der Waals surface area contributed by atoms with Gasteiger partial charge in [-0.15, -0.1) is 11.3 Å². The fourth-order valence-electron chi connectivity index (χ4n) is 2.51. The third-order valence-electron chi connectivity index (χ3n) is 3.47. The smallest absolute Gasteiger partial charge is 0.387 e. The number of hydrogen-bond acceptors (Lipinski definition) is 5. The van der Waals surface area contributed by atoms with Crippen molar-refractivity contribution in [1.82, 2.24) is 4.90 Å². The van der Waals surface area contributed by atoms with Crippen molar-refractivity contribution < 1.29 is 27.8 Å². The molecule has 1 saturated heterocycles. The Kier molecular flexibility index (Phi) is 5.33. The van der Waals surface area contributed by atoms with Gasteiger partial charge in [0, 0.05) is 11.4 Å². The molecule has 122 valence electrons. The first kappa shape index (κ1) is 16.7. The molecule has 1 atom stereocenters. The number of hydrogen-bond donors (Lipinski definition) is 0. The summed E-state index contributed by atoms with van der Waals surface area (Å²) in [6, 6.07) is 0.731. The second-order valence-corrected chi connectivity index (χ2v) is 6.22. The molecule has 1 aliphatic rings. The number of aryl methyl sites for hydroxylation is 1. The second kappa shape index (κ2) is 7.04. The van der Waals surface area contributed by atoms with Crippen LogP contribution in [0.25, 0.3) is 0 Å². The van der Waals surface area contributed by atoms with Crippen molar-refractivity contribution in [3.8, 4) is 5.75 Å². The lowest BCUT2D eigenvalue weighted by atomic mass is 10.0. The summed E-state index contributed by atoms with van der Waals surface area (Å²) in [6.45, 7) is -0.907. The monoisotopic (exact) mass is 333 g/mol. The van der Waals surface area contributed by atoms with Crippen LogP contribution in [0.4, 0.5) is 8.78 Å². The molecule has 5 nitrogen and oxygen atoms in total. The van der Waals surface area contributed by atoms with Gasteiger partial charge in [0.1, 0.15) is 16.7 Å². The van der Waals surface area contributed by atoms with Crippen LogP contribution in [-0.4, -0.2) is 43.1 Å². The number of ether oxygens (including phenoxy) is 2. The van der Waals surface area contributed by atoms with E-state index in [1.165, 1.54) is 18.1 Å². The van der Waals surface area contributed by atoms with Gasteiger partial charge in [0.2, 0.25) is 0 Å². The van der Waals surface area contributed by atoms with Gasteiger partial charge in [-0.3, -0.25) is 4.79 Å². The summed E-state index contributed by atoms with van der Waals surface area (Å²) < 4.78 is 34.1. The number of halogens is 2. The zero-order chi connectivity index (χ0) is 16.3. The van der Waals surface area contributed by atoms with E-state index in [-0.39, 0.29) is 10.6 Å². The molecule has 0 unspecified atom stereocenters. The fourth-order valence-corrected chi connectivity index (χ4v) is 3.41. The van der Waals surface area contributed by atoms with Gasteiger partial charge in [-0.2, -0.15) is 8.78 Å². The number of methoxy groups -OCH3 is 1. The molecular formula is C14H17F2NO4S. The minimum absolute atomic E-state index is 0.0913. The lowest BCUT2D eigenvalue weighted by molar-refractivity contribution is -0.147. The van der Waals surface area contributed by atoms with E-state index in [1.54, 1.807) is 6.92 Å². The molecule has 8 heteroatoms. The Morgan fingerprint density at radius 2 is 2.14 bits per heavy atom. The summed E-state index contributed by atoms with van der Waals surface area (Å²) in [6.07, 6.45) is 2.08. The third-order valence-corrected chi connectivity index (χ3v) is 4.49. The van der Waals surface area contributed by atoms with Gasteiger partial charge < -0.3 is 14.4 Å². The van der Waals surface area contributed by atoms with E-state index in [1.807, 2.05) is 0 Å². The van der Waals surface area contributed by atoms with E-state index in [2.05, 4.69) is 4.74 Å². The molecule has 0 spiro atoms. The van der Waals surface area contributed by atoms with Crippen molar-refractivity contribution in [2.24, 2.45) is 0 Å². The average molecular weight is 333 g/mol. The van der Waals surface area contributed by atoms with Crippen LogP contribution >= 0.6 is 11.3 Å². The molecule has 1 fully saturated rings. The molecule has 1 aromatic rings. The number of piperidine rings is 1. The van der Waals surface area contributed by atoms with Crippen LogP contribution in [0.5, 0.6) is 5.75 Å². The standard InChI is InChI=1S/C14H17F2NO4S/c1-8-7-10(21-14(15)16)11(22-8)12(18)17-6-4-3-5-9(17)13(19)20-2/h7,9,14H,3-6H2,1-2H3/t9-/m0/s1. The molecule has 0 aliphatic carbocycles. The van der Waals surface area contributed by atoms with Gasteiger partial charge in [-0.05, 0) is 32.3 Å². The number of alkyl halides is 2. The van der Waals surface area contributed by atoms with Crippen LogP contribution < -0.4 is 4.74 Å². The predicted molar refractivity (Wildman–Crippen MR) is 76.4 cm³/mol. The molecule has 0 radical (unpaired) electrons. The first-order valence-electron chi connectivity index (χ1n) is 6.88. The Labute approximate surface area is 130 Å². The van der Waals surface area contributed by atoms with Gasteiger partial charge in [-0.25, -0.2) is 4.79 Å². The first-order valence-corrected chi connectivity index (χ1v) is 7.69. The maximum Gasteiger partial charge on any atom is 0.387 e. The molecule has 0 N–H and O–H groups in total. The van der Waals surface area contributed by atoms with Gasteiger partial charge in [-0.1, -0.05) is 0 Å². The maximum atomic E-state index is 12.6. The summed E-state index contributed by atoms with van der Waals surface area (Å²) in [5.74, 6) is -1.10. The first-order chi connectivity index (χ1) is 10.4. The lowest BCUT2D eigenvalue weighted by Crippen LogP contribution is -2.48. The highest BCUT2D eigenvalue weighted by Crippen LogP contribution is 2.33. The predicted octanol–water partition coefficient (Wildman–Crippen LogP) is 2.83. The third kappa shape index (κ3) is 3.55. The molecule has 1 aliphatic heterocycles. The van der Waals surface area contributed by atoms with Crippen molar-refractivity contribution in [3.63, 3.8) is 0 Å². The van der Waals surface area contributed by atoms with Crippen LogP contribution in [-0.2, 0) is 9.53 Å². The number of nitrogens with zero attached hydrogens (tertiary/aromatic N) is 1. The summed E-state index contributed by atoms with van der Waals surface area (Å²) in [5.41, 5.74) is 0. The van der Waals surface area contributed by atoms with Crippen LogP contribution in [0, 0.1) is 6.92 Å². The molecule has 2 heterocycles. The zero-order valence-corrected chi connectivity index (χ0v) is 13.1. The minimum Gasteiger partial charge on any atom is -0.467 e. The highest BCUT2D eigenvalue weighted by molar-refractivity contribution is 7.14. The number of amides is 1. The number of esters is 1. The molecule has 0 saturated carbocycles. The van der Waals surface area contributed by atoms with Gasteiger partial charge in [0.25, 0.3) is 5.91 Å². The summed E-state index contributed by atoms with van der Waals surface area (Å²) >= 11 is 1.08. The van der Waals surface area contributed by atoms with Crippen molar-refractivity contribution >= 4 is 23.2 Å². The fraction of sp³-hybridized carbons (Fsp3) is 0.571. The highest BCUT2D eigenvalue weighted by Gasteiger charge is 2.35. The molecule has 0 aromatic carbocycles. The number of thiophene rings is 1. The average Bonchev–Trinajstić information content (AvgIpc) is 2.85. The maximum absolute atomic E-state index is 12.6. The van der Waals surface area contributed by atoms with Gasteiger partial charge >= 0.3 is 12.6 Å². The van der Waals surface area contributed by atoms with Crippen LogP contribution in [0.15, 0.2) is 6.07 Å². The van der Waals surface area contributed by atoms with E-state index >= 15 is 0 Å².